The molecular formula is C32H39NO4S. The van der Waals surface area contributed by atoms with Crippen molar-refractivity contribution in [2.45, 2.75) is 73.9 Å². The number of rotatable bonds is 8. The van der Waals surface area contributed by atoms with E-state index in [0.29, 0.717) is 17.5 Å². The summed E-state index contributed by atoms with van der Waals surface area (Å²) in [6.07, 6.45) is 8.20. The van der Waals surface area contributed by atoms with Crippen LogP contribution < -0.4 is 9.47 Å². The highest BCUT2D eigenvalue weighted by molar-refractivity contribution is 7.84. The molecule has 5 fully saturated rings. The molecule has 9 rings (SSSR count). The van der Waals surface area contributed by atoms with Gasteiger partial charge in [0.25, 0.3) is 0 Å². The van der Waals surface area contributed by atoms with Gasteiger partial charge >= 0.3 is 0 Å². The summed E-state index contributed by atoms with van der Waals surface area (Å²) in [7, 11) is 2.69. The summed E-state index contributed by atoms with van der Waals surface area (Å²) in [6, 6.07) is 15.3. The Labute approximate surface area is 228 Å². The molecule has 2 aromatic carbocycles. The number of methoxy groups -OCH3 is 2. The summed E-state index contributed by atoms with van der Waals surface area (Å²) in [5, 5.41) is 0. The Bertz CT molecular complexity index is 1300. The van der Waals surface area contributed by atoms with Crippen molar-refractivity contribution in [1.82, 2.24) is 4.90 Å². The van der Waals surface area contributed by atoms with Gasteiger partial charge in [0, 0.05) is 64.3 Å². The first-order valence-electron chi connectivity index (χ1n) is 14.6. The molecule has 0 N–H and O–H groups in total. The lowest BCUT2D eigenvalue weighted by Crippen LogP contribution is -2.81. The molecule has 2 aliphatic heterocycles. The number of likely N-dealkylation sites (tertiary alicyclic amines) is 1. The smallest absolute Gasteiger partial charge is 0.165 e. The van der Waals surface area contributed by atoms with Crippen molar-refractivity contribution in [3.63, 3.8) is 0 Å². The van der Waals surface area contributed by atoms with Crippen LogP contribution in [-0.2, 0) is 33.1 Å². The van der Waals surface area contributed by atoms with Gasteiger partial charge in [-0.3, -0.25) is 9.11 Å². The fourth-order valence-electron chi connectivity index (χ4n) is 9.94. The van der Waals surface area contributed by atoms with E-state index < -0.39 is 16.4 Å². The Hall–Kier alpha value is -1.89. The number of ether oxygens (including phenoxy) is 3. The number of nitrogens with zero attached hydrogens (tertiary/aromatic N) is 1. The van der Waals surface area contributed by atoms with E-state index in [1.54, 1.807) is 7.11 Å². The van der Waals surface area contributed by atoms with Gasteiger partial charge in [-0.25, -0.2) is 0 Å². The molecule has 38 heavy (non-hydrogen) atoms. The summed E-state index contributed by atoms with van der Waals surface area (Å²) in [4.78, 5) is 2.87. The zero-order valence-electron chi connectivity index (χ0n) is 22.6. The molecule has 2 heterocycles. The zero-order chi connectivity index (χ0) is 25.7. The van der Waals surface area contributed by atoms with Crippen LogP contribution >= 0.6 is 0 Å². The number of benzene rings is 2. The Kier molecular flexibility index (Phi) is 5.24. The number of hydrogen-bond donors (Lipinski definition) is 0. The third-order valence-electron chi connectivity index (χ3n) is 11.6. The molecule has 0 radical (unpaired) electrons. The molecule has 0 amide bonds. The molecule has 5 nitrogen and oxygen atoms in total. The van der Waals surface area contributed by atoms with Gasteiger partial charge in [0.1, 0.15) is 11.7 Å². The van der Waals surface area contributed by atoms with Crippen molar-refractivity contribution in [2.75, 3.05) is 33.1 Å². The minimum atomic E-state index is -0.957. The minimum Gasteiger partial charge on any atom is -0.493 e. The average Bonchev–Trinajstić information content (AvgIpc) is 3.67. The second-order valence-electron chi connectivity index (χ2n) is 13.0. The summed E-state index contributed by atoms with van der Waals surface area (Å²) in [5.74, 6) is 4.21. The lowest BCUT2D eigenvalue weighted by atomic mass is 9.35. The van der Waals surface area contributed by atoms with Gasteiger partial charge in [-0.2, -0.15) is 0 Å². The van der Waals surface area contributed by atoms with E-state index >= 15 is 0 Å². The average molecular weight is 534 g/mol. The Morgan fingerprint density at radius 2 is 1.92 bits per heavy atom. The molecule has 202 valence electrons. The van der Waals surface area contributed by atoms with Crippen LogP contribution in [0.25, 0.3) is 0 Å². The SMILES string of the molecule is COc1ccc2c3c1O[C@H]1[C@@]4(OC)CC[C@@]5(C[C@@H]4CS(=O)Cc4ccccc4)C(C2)N(CC2CC2)CC[C@]315. The molecule has 1 saturated heterocycles. The quantitative estimate of drug-likeness (QED) is 0.485. The molecule has 2 aromatic rings. The largest absolute Gasteiger partial charge is 0.493 e. The van der Waals surface area contributed by atoms with Crippen molar-refractivity contribution >= 4 is 10.8 Å². The Balaban J connectivity index is 1.24. The Morgan fingerprint density at radius 3 is 2.68 bits per heavy atom. The van der Waals surface area contributed by atoms with Crippen molar-refractivity contribution in [1.29, 1.82) is 0 Å². The predicted octanol–water partition coefficient (Wildman–Crippen LogP) is 4.87. The highest BCUT2D eigenvalue weighted by atomic mass is 32.2. The molecule has 6 heteroatoms. The third kappa shape index (κ3) is 2.98. The maximum atomic E-state index is 13.7. The van der Waals surface area contributed by atoms with Crippen molar-refractivity contribution < 1.29 is 18.4 Å². The molecule has 2 spiro atoms. The standard InChI is InChI=1S/C32H39NO4S/c1-35-25-11-10-23-16-26-30-12-13-32(36-2,24(17-30)20-38(34)19-22-6-4-3-5-7-22)29-31(30,27(23)28(25)37-29)14-15-33(26)18-21-8-9-21/h3-7,10-11,21,24,26,29H,8-9,12-20H2,1-2H3/t24-,26?,29-,30-,31+,32-,38?/m1/s1. The van der Waals surface area contributed by atoms with Crippen molar-refractivity contribution in [3.05, 3.63) is 59.2 Å². The number of hydrogen-bond acceptors (Lipinski definition) is 5. The van der Waals surface area contributed by atoms with E-state index in [-0.39, 0.29) is 22.9 Å². The fourth-order valence-corrected chi connectivity index (χ4v) is 11.5. The number of piperidine rings is 1. The van der Waals surface area contributed by atoms with E-state index in [9.17, 15) is 4.21 Å². The van der Waals surface area contributed by atoms with E-state index in [4.69, 9.17) is 14.2 Å². The van der Waals surface area contributed by atoms with Gasteiger partial charge in [0.2, 0.25) is 0 Å². The first-order valence-corrected chi connectivity index (χ1v) is 16.1. The molecule has 4 saturated carbocycles. The molecule has 7 atom stereocenters. The highest BCUT2D eigenvalue weighted by Crippen LogP contribution is 2.76. The van der Waals surface area contributed by atoms with Crippen LogP contribution in [0.2, 0.25) is 0 Å². The number of fused-ring (bicyclic) bond motifs is 2. The van der Waals surface area contributed by atoms with Crippen LogP contribution in [0, 0.1) is 17.3 Å². The van der Waals surface area contributed by atoms with E-state index in [1.165, 1.54) is 36.9 Å². The third-order valence-corrected chi connectivity index (χ3v) is 13.0. The summed E-state index contributed by atoms with van der Waals surface area (Å²) in [6.45, 7) is 2.38. The van der Waals surface area contributed by atoms with Crippen LogP contribution in [0.15, 0.2) is 42.5 Å². The van der Waals surface area contributed by atoms with Crippen LogP contribution in [0.5, 0.6) is 11.5 Å². The van der Waals surface area contributed by atoms with Gasteiger partial charge in [-0.1, -0.05) is 36.4 Å². The molecule has 7 aliphatic rings. The van der Waals surface area contributed by atoms with Gasteiger partial charge in [0.05, 0.1) is 7.11 Å². The van der Waals surface area contributed by atoms with Gasteiger partial charge in [-0.15, -0.1) is 0 Å². The first kappa shape index (κ1) is 24.0. The lowest BCUT2D eigenvalue weighted by molar-refractivity contribution is -0.273. The molecule has 4 bridgehead atoms. The maximum absolute atomic E-state index is 13.7. The summed E-state index contributed by atoms with van der Waals surface area (Å²) < 4.78 is 33.3. The van der Waals surface area contributed by atoms with Gasteiger partial charge in [-0.05, 0) is 74.6 Å². The lowest BCUT2D eigenvalue weighted by Gasteiger charge is -2.74. The van der Waals surface area contributed by atoms with Crippen LogP contribution in [0.3, 0.4) is 0 Å². The monoisotopic (exact) mass is 533 g/mol. The minimum absolute atomic E-state index is 0.0408. The first-order chi connectivity index (χ1) is 18.5. The molecule has 2 unspecified atom stereocenters. The van der Waals surface area contributed by atoms with Crippen molar-refractivity contribution in [3.8, 4) is 11.5 Å². The second-order valence-corrected chi connectivity index (χ2v) is 14.5. The molecule has 5 aliphatic carbocycles. The van der Waals surface area contributed by atoms with Crippen LogP contribution in [0.1, 0.15) is 55.2 Å². The summed E-state index contributed by atoms with van der Waals surface area (Å²) in [5.41, 5.74) is 3.72. The van der Waals surface area contributed by atoms with E-state index in [1.807, 2.05) is 25.3 Å². The topological polar surface area (TPSA) is 48.0 Å². The zero-order valence-corrected chi connectivity index (χ0v) is 23.4. The van der Waals surface area contributed by atoms with Gasteiger partial charge in [0.15, 0.2) is 11.5 Å². The maximum Gasteiger partial charge on any atom is 0.165 e. The predicted molar refractivity (Wildman–Crippen MR) is 148 cm³/mol. The molecular weight excluding hydrogens is 494 g/mol. The van der Waals surface area contributed by atoms with Crippen LogP contribution in [-0.4, -0.2) is 59.9 Å². The normalized spacial score (nSPS) is 38.9. The second kappa shape index (κ2) is 8.31. The van der Waals surface area contributed by atoms with Crippen molar-refractivity contribution in [2.24, 2.45) is 17.3 Å². The van der Waals surface area contributed by atoms with Gasteiger partial charge < -0.3 is 14.2 Å². The molecule has 0 aromatic heterocycles. The van der Waals surface area contributed by atoms with E-state index in [0.717, 1.165) is 55.2 Å². The summed E-state index contributed by atoms with van der Waals surface area (Å²) >= 11 is 0. The van der Waals surface area contributed by atoms with Crippen LogP contribution in [0.4, 0.5) is 0 Å². The fraction of sp³-hybridized carbons (Fsp3) is 0.625. The van der Waals surface area contributed by atoms with E-state index in [2.05, 4.69) is 29.2 Å². The Morgan fingerprint density at radius 1 is 1.08 bits per heavy atom. The highest BCUT2D eigenvalue weighted by Gasteiger charge is 2.80.